The maximum Gasteiger partial charge on any atom is 0.279 e. The van der Waals surface area contributed by atoms with Gasteiger partial charge in [-0.1, -0.05) is 12.8 Å². The van der Waals surface area contributed by atoms with Crippen LogP contribution >= 0.6 is 0 Å². The van der Waals surface area contributed by atoms with E-state index in [2.05, 4.69) is 4.72 Å². The van der Waals surface area contributed by atoms with Gasteiger partial charge in [-0.25, -0.2) is 0 Å². The molecule has 1 rings (SSSR count). The maximum absolute atomic E-state index is 11.5. The van der Waals surface area contributed by atoms with Crippen molar-refractivity contribution in [2.45, 2.75) is 37.8 Å². The van der Waals surface area contributed by atoms with Gasteiger partial charge in [-0.05, 0) is 12.8 Å². The van der Waals surface area contributed by atoms with E-state index < -0.39 is 10.2 Å². The first kappa shape index (κ1) is 11.9. The number of rotatable bonds is 3. The predicted molar refractivity (Wildman–Crippen MR) is 56.0 cm³/mol. The molecular weight excluding hydrogens is 202 g/mol. The van der Waals surface area contributed by atoms with Crippen molar-refractivity contribution >= 4 is 10.2 Å². The molecule has 1 aliphatic carbocycles. The van der Waals surface area contributed by atoms with Crippen LogP contribution < -0.4 is 10.5 Å². The Morgan fingerprint density at radius 2 is 1.86 bits per heavy atom. The highest BCUT2D eigenvalue weighted by molar-refractivity contribution is 7.87. The molecule has 0 unspecified atom stereocenters. The fraction of sp³-hybridized carbons (Fsp3) is 1.00. The van der Waals surface area contributed by atoms with Crippen molar-refractivity contribution < 1.29 is 8.42 Å². The van der Waals surface area contributed by atoms with Crippen LogP contribution in [0, 0.1) is 0 Å². The SMILES string of the molecule is CN(C)S(=O)(=O)N[C@H]1CCCC[C@@H]1N. The van der Waals surface area contributed by atoms with Crippen LogP contribution in [0.1, 0.15) is 25.7 Å². The lowest BCUT2D eigenvalue weighted by Gasteiger charge is -2.29. The van der Waals surface area contributed by atoms with Crippen LogP contribution in [0.25, 0.3) is 0 Å². The van der Waals surface area contributed by atoms with E-state index in [1.807, 2.05) is 0 Å². The Kier molecular flexibility index (Phi) is 3.88. The first-order chi connectivity index (χ1) is 6.43. The molecule has 0 aromatic rings. The van der Waals surface area contributed by atoms with E-state index in [4.69, 9.17) is 5.73 Å². The molecule has 3 N–H and O–H groups in total. The Bertz CT molecular complexity index is 276. The van der Waals surface area contributed by atoms with E-state index >= 15 is 0 Å². The standard InChI is InChI=1S/C8H19N3O2S/c1-11(2)14(12,13)10-8-6-4-3-5-7(8)9/h7-8,10H,3-6,9H2,1-2H3/t7-,8-/m0/s1. The van der Waals surface area contributed by atoms with Gasteiger partial charge in [0.05, 0.1) is 0 Å². The van der Waals surface area contributed by atoms with Crippen molar-refractivity contribution in [1.29, 1.82) is 0 Å². The molecule has 0 spiro atoms. The molecule has 6 heteroatoms. The van der Waals surface area contributed by atoms with Crippen molar-refractivity contribution in [2.75, 3.05) is 14.1 Å². The van der Waals surface area contributed by atoms with Crippen LogP contribution in [0.2, 0.25) is 0 Å². The molecule has 1 fully saturated rings. The molecule has 5 nitrogen and oxygen atoms in total. The number of nitrogens with two attached hydrogens (primary N) is 1. The highest BCUT2D eigenvalue weighted by Crippen LogP contribution is 2.17. The van der Waals surface area contributed by atoms with E-state index in [1.54, 1.807) is 0 Å². The average molecular weight is 221 g/mol. The van der Waals surface area contributed by atoms with Crippen molar-refractivity contribution in [3.8, 4) is 0 Å². The van der Waals surface area contributed by atoms with Gasteiger partial charge in [0.25, 0.3) is 10.2 Å². The van der Waals surface area contributed by atoms with E-state index in [0.29, 0.717) is 0 Å². The van der Waals surface area contributed by atoms with Crippen LogP contribution in [0.5, 0.6) is 0 Å². The van der Waals surface area contributed by atoms with Gasteiger partial charge < -0.3 is 5.73 Å². The number of hydrogen-bond acceptors (Lipinski definition) is 3. The summed E-state index contributed by atoms with van der Waals surface area (Å²) in [5.74, 6) is 0. The first-order valence-corrected chi connectivity index (χ1v) is 6.33. The summed E-state index contributed by atoms with van der Waals surface area (Å²) in [6.07, 6.45) is 3.89. The van der Waals surface area contributed by atoms with Crippen molar-refractivity contribution in [2.24, 2.45) is 5.73 Å². The molecule has 0 aromatic carbocycles. The highest BCUT2D eigenvalue weighted by Gasteiger charge is 2.26. The van der Waals surface area contributed by atoms with Crippen molar-refractivity contribution in [3.05, 3.63) is 0 Å². The van der Waals surface area contributed by atoms with Gasteiger partial charge in [0, 0.05) is 26.2 Å². The maximum atomic E-state index is 11.5. The molecule has 0 heterocycles. The summed E-state index contributed by atoms with van der Waals surface area (Å²) in [6, 6.07) is -0.144. The molecule has 2 atom stereocenters. The van der Waals surface area contributed by atoms with Crippen LogP contribution in [0.4, 0.5) is 0 Å². The fourth-order valence-corrected chi connectivity index (χ4v) is 2.49. The summed E-state index contributed by atoms with van der Waals surface area (Å²) in [6.45, 7) is 0. The van der Waals surface area contributed by atoms with Crippen molar-refractivity contribution in [3.63, 3.8) is 0 Å². The zero-order valence-electron chi connectivity index (χ0n) is 8.73. The molecule has 0 amide bonds. The number of hydrogen-bond donors (Lipinski definition) is 2. The molecule has 1 saturated carbocycles. The average Bonchev–Trinajstić information content (AvgIpc) is 2.08. The molecule has 0 radical (unpaired) electrons. The third-order valence-electron chi connectivity index (χ3n) is 2.60. The monoisotopic (exact) mass is 221 g/mol. The largest absolute Gasteiger partial charge is 0.326 e. The van der Waals surface area contributed by atoms with Gasteiger partial charge in [0.15, 0.2) is 0 Å². The predicted octanol–water partition coefficient (Wildman–Crippen LogP) is -0.348. The smallest absolute Gasteiger partial charge is 0.279 e. The normalized spacial score (nSPS) is 29.4. The summed E-state index contributed by atoms with van der Waals surface area (Å²) in [7, 11) is -0.306. The van der Waals surface area contributed by atoms with Crippen LogP contribution in [-0.4, -0.2) is 38.9 Å². The number of nitrogens with one attached hydrogen (secondary N) is 1. The van der Waals surface area contributed by atoms with E-state index in [-0.39, 0.29) is 12.1 Å². The molecule has 0 aromatic heterocycles. The Hall–Kier alpha value is -0.170. The molecule has 84 valence electrons. The minimum atomic E-state index is -3.33. The van der Waals surface area contributed by atoms with Gasteiger partial charge in [-0.15, -0.1) is 0 Å². The third kappa shape index (κ3) is 2.91. The van der Waals surface area contributed by atoms with Gasteiger partial charge in [0.2, 0.25) is 0 Å². The lowest BCUT2D eigenvalue weighted by Crippen LogP contribution is -2.51. The summed E-state index contributed by atoms with van der Waals surface area (Å²) in [4.78, 5) is 0. The molecule has 0 bridgehead atoms. The Morgan fingerprint density at radius 3 is 2.36 bits per heavy atom. The van der Waals surface area contributed by atoms with E-state index in [9.17, 15) is 8.42 Å². The summed E-state index contributed by atoms with van der Waals surface area (Å²) >= 11 is 0. The Labute approximate surface area is 85.8 Å². The van der Waals surface area contributed by atoms with Gasteiger partial charge in [0.1, 0.15) is 0 Å². The minimum absolute atomic E-state index is 0.0431. The summed E-state index contributed by atoms with van der Waals surface area (Å²) in [5.41, 5.74) is 5.84. The second-order valence-corrected chi connectivity index (χ2v) is 5.88. The third-order valence-corrected chi connectivity index (χ3v) is 4.16. The molecule has 14 heavy (non-hydrogen) atoms. The van der Waals surface area contributed by atoms with Gasteiger partial charge in [-0.2, -0.15) is 17.4 Å². The van der Waals surface area contributed by atoms with Crippen molar-refractivity contribution in [1.82, 2.24) is 9.03 Å². The van der Waals surface area contributed by atoms with E-state index in [0.717, 1.165) is 25.7 Å². The Balaban J connectivity index is 2.58. The quantitative estimate of drug-likeness (QED) is 0.684. The van der Waals surface area contributed by atoms with Crippen LogP contribution in [0.15, 0.2) is 0 Å². The molecular formula is C8H19N3O2S. The fourth-order valence-electron chi connectivity index (χ4n) is 1.60. The molecule has 1 aliphatic rings. The zero-order valence-corrected chi connectivity index (χ0v) is 9.55. The zero-order chi connectivity index (χ0) is 10.8. The second kappa shape index (κ2) is 4.57. The first-order valence-electron chi connectivity index (χ1n) is 4.89. The van der Waals surface area contributed by atoms with Gasteiger partial charge >= 0.3 is 0 Å². The molecule has 0 aliphatic heterocycles. The van der Waals surface area contributed by atoms with Gasteiger partial charge in [-0.3, -0.25) is 0 Å². The summed E-state index contributed by atoms with van der Waals surface area (Å²) in [5, 5.41) is 0. The Morgan fingerprint density at radius 1 is 1.29 bits per heavy atom. The summed E-state index contributed by atoms with van der Waals surface area (Å²) < 4.78 is 26.8. The van der Waals surface area contributed by atoms with Crippen LogP contribution in [0.3, 0.4) is 0 Å². The topological polar surface area (TPSA) is 75.4 Å². The molecule has 0 saturated heterocycles. The minimum Gasteiger partial charge on any atom is -0.326 e. The number of nitrogens with zero attached hydrogens (tertiary/aromatic N) is 1. The van der Waals surface area contributed by atoms with Crippen LogP contribution in [-0.2, 0) is 10.2 Å². The highest BCUT2D eigenvalue weighted by atomic mass is 32.2. The second-order valence-electron chi connectivity index (χ2n) is 3.96. The lowest BCUT2D eigenvalue weighted by molar-refractivity contribution is 0.354. The lowest BCUT2D eigenvalue weighted by atomic mass is 9.92. The van der Waals surface area contributed by atoms with E-state index in [1.165, 1.54) is 18.4 Å².